The maximum atomic E-state index is 4.95. The Labute approximate surface area is 116 Å². The zero-order valence-electron chi connectivity index (χ0n) is 6.76. The van der Waals surface area contributed by atoms with E-state index in [1.807, 2.05) is 0 Å². The average Bonchev–Trinajstić information content (AvgIpc) is 1.63. The van der Waals surface area contributed by atoms with Gasteiger partial charge in [0.25, 0.3) is 0 Å². The van der Waals surface area contributed by atoms with Crippen LogP contribution in [0.5, 0.6) is 0 Å². The van der Waals surface area contributed by atoms with Crippen molar-refractivity contribution < 1.29 is 56.1 Å². The minimum absolute atomic E-state index is 0. The monoisotopic (exact) mass is 203 g/mol. The van der Waals surface area contributed by atoms with E-state index >= 15 is 0 Å². The van der Waals surface area contributed by atoms with Crippen molar-refractivity contribution in [3.63, 3.8) is 0 Å². The Bertz CT molecular complexity index is 95.7. The first kappa shape index (κ1) is 14.4. The molecule has 0 bridgehead atoms. The van der Waals surface area contributed by atoms with E-state index in [4.69, 9.17) is 4.74 Å². The van der Waals surface area contributed by atoms with Gasteiger partial charge in [0.1, 0.15) is 0 Å². The van der Waals surface area contributed by atoms with Crippen LogP contribution in [0.3, 0.4) is 0 Å². The molecule has 10 heavy (non-hydrogen) atoms. The van der Waals surface area contributed by atoms with Crippen molar-refractivity contribution in [2.24, 2.45) is 5.92 Å². The van der Waals surface area contributed by atoms with Crippen LogP contribution >= 0.6 is 24.8 Å². The molecule has 1 nitrogen and oxygen atoms in total. The zero-order chi connectivity index (χ0) is 7.28. The Balaban J connectivity index is 0. The molecule has 0 spiro atoms. The quantitative estimate of drug-likeness (QED) is 0.368. The molecule has 0 aliphatic rings. The van der Waals surface area contributed by atoms with Crippen LogP contribution in [0.15, 0.2) is 0 Å². The molecule has 54 valence electrons. The van der Waals surface area contributed by atoms with Gasteiger partial charge in [0.05, 0.1) is 6.61 Å². The second kappa shape index (κ2) is 8.97. The molecule has 0 aliphatic heterocycles. The van der Waals surface area contributed by atoms with E-state index in [0.717, 1.165) is 6.42 Å². The topological polar surface area (TPSA) is 9.23 Å². The van der Waals surface area contributed by atoms with Gasteiger partial charge in [-0.3, -0.25) is 0 Å². The number of rotatable bonds is 3. The molecule has 4 heteroatoms. The van der Waals surface area contributed by atoms with Crippen molar-refractivity contribution in [1.29, 1.82) is 0 Å². The average molecular weight is 203 g/mol. The molecule has 0 saturated heterocycles. The van der Waals surface area contributed by atoms with Crippen LogP contribution in [0.25, 0.3) is 0 Å². The van der Waals surface area contributed by atoms with Gasteiger partial charge in [0.15, 0.2) is 0 Å². The van der Waals surface area contributed by atoms with Crippen molar-refractivity contribution in [3.05, 3.63) is 0 Å². The number of thiol groups is 1. The minimum Gasteiger partial charge on any atom is -0.479 e. The normalized spacial score (nSPS) is 8.80. The first-order chi connectivity index (χ1) is 4.13. The van der Waals surface area contributed by atoms with Gasteiger partial charge in [-0.25, -0.2) is 0 Å². The number of hydrogen-bond acceptors (Lipinski definition) is 2. The fourth-order valence-electron chi connectivity index (χ4n) is 0.382. The molecule has 0 aromatic heterocycles. The van der Waals surface area contributed by atoms with Crippen LogP contribution in [0.2, 0.25) is 0 Å². The molecule has 0 heterocycles. The molecule has 0 atom stereocenters. The van der Waals surface area contributed by atoms with Crippen molar-refractivity contribution in [3.8, 4) is 0 Å². The third-order valence-electron chi connectivity index (χ3n) is 0.921. The number of ether oxygens (including phenoxy) is 1. The smallest absolute Gasteiger partial charge is 0.479 e. The van der Waals surface area contributed by atoms with E-state index in [0.29, 0.717) is 16.9 Å². The number of hydrogen-bond donors (Lipinski definition) is 1. The largest absolute Gasteiger partial charge is 1.00 e. The summed E-state index contributed by atoms with van der Waals surface area (Å²) in [4.78, 5) is 0. The van der Waals surface area contributed by atoms with Crippen LogP contribution in [0, 0.1) is 5.92 Å². The maximum absolute atomic E-state index is 4.95. The molecule has 0 fully saturated rings. The van der Waals surface area contributed by atoms with Crippen LogP contribution in [-0.4, -0.2) is 11.0 Å². The summed E-state index contributed by atoms with van der Waals surface area (Å²) in [6.45, 7) is 4.98. The van der Waals surface area contributed by atoms with Crippen LogP contribution in [-0.2, 0) is 4.74 Å². The molecule has 0 aliphatic carbocycles. The summed E-state index contributed by atoms with van der Waals surface area (Å²) in [5.74, 6) is 0.674. The molecule has 0 unspecified atom stereocenters. The third kappa shape index (κ3) is 12.5. The Morgan fingerprint density at radius 1 is 1.60 bits per heavy atom. The summed E-state index contributed by atoms with van der Waals surface area (Å²) in [5.41, 5.74) is 0. The van der Waals surface area contributed by atoms with Crippen LogP contribution in [0.1, 0.15) is 20.3 Å². The second-order valence-electron chi connectivity index (χ2n) is 2.30. The molecule has 0 N–H and O–H groups in total. The molecule has 0 radical (unpaired) electrons. The molecule has 0 aromatic rings. The fraction of sp³-hybridized carbons (Fsp3) is 0.833. The third-order valence-corrected chi connectivity index (χ3v) is 1.17. The summed E-state index contributed by atoms with van der Waals surface area (Å²) in [6.07, 6.45) is 1.04. The van der Waals surface area contributed by atoms with E-state index in [1.165, 1.54) is 0 Å². The maximum Gasteiger partial charge on any atom is 1.00 e. The van der Waals surface area contributed by atoms with Crippen molar-refractivity contribution >= 4 is 29.2 Å². The summed E-state index contributed by atoms with van der Waals surface area (Å²) >= 11 is 8.40. The molecule has 0 amide bonds. The Morgan fingerprint density at radius 3 is 2.40 bits per heavy atom. The van der Waals surface area contributed by atoms with Crippen molar-refractivity contribution in [2.75, 3.05) is 6.61 Å². The summed E-state index contributed by atoms with van der Waals surface area (Å²) in [6, 6.07) is 0. The van der Waals surface area contributed by atoms with Gasteiger partial charge in [-0.05, 0) is 24.6 Å². The van der Waals surface area contributed by atoms with Gasteiger partial charge >= 0.3 is 51.4 Å². The molecule has 0 rings (SSSR count). The summed E-state index contributed by atoms with van der Waals surface area (Å²) < 4.78 is 5.29. The minimum atomic E-state index is 0. The van der Waals surface area contributed by atoms with E-state index < -0.39 is 0 Å². The molecular weight excluding hydrogens is 191 g/mol. The summed E-state index contributed by atoms with van der Waals surface area (Å²) in [5, 5.41) is 0. The van der Waals surface area contributed by atoms with Gasteiger partial charge < -0.3 is 4.74 Å². The zero-order valence-corrected chi connectivity index (χ0v) is 11.6. The number of thiocarbonyl (C=S) groups is 1. The first-order valence-electron chi connectivity index (χ1n) is 2.98. The Kier molecular flexibility index (Phi) is 12.9. The SMILES string of the molecule is CC(C)CCOC(=S)S.[K+]. The fourth-order valence-corrected chi connectivity index (χ4v) is 0.557. The van der Waals surface area contributed by atoms with Crippen molar-refractivity contribution in [2.45, 2.75) is 20.3 Å². The van der Waals surface area contributed by atoms with Crippen molar-refractivity contribution in [1.82, 2.24) is 0 Å². The predicted octanol–water partition coefficient (Wildman–Crippen LogP) is -0.732. The molecule has 0 saturated carbocycles. The van der Waals surface area contributed by atoms with Gasteiger partial charge in [0, 0.05) is 0 Å². The summed E-state index contributed by atoms with van der Waals surface area (Å²) in [7, 11) is 0. The molecule has 0 aromatic carbocycles. The standard InChI is InChI=1S/C6H12OS2.K/c1-5(2)3-4-7-6(8)9;/h5H,3-4H2,1-2H3,(H,8,9);/q;+1. The van der Waals surface area contributed by atoms with Gasteiger partial charge in [-0.1, -0.05) is 26.5 Å². The van der Waals surface area contributed by atoms with Crippen LogP contribution in [0.4, 0.5) is 0 Å². The Hall–Kier alpha value is 1.88. The van der Waals surface area contributed by atoms with Gasteiger partial charge in [-0.2, -0.15) is 0 Å². The van der Waals surface area contributed by atoms with Crippen LogP contribution < -0.4 is 51.4 Å². The van der Waals surface area contributed by atoms with E-state index in [9.17, 15) is 0 Å². The Morgan fingerprint density at radius 2 is 2.10 bits per heavy atom. The van der Waals surface area contributed by atoms with E-state index in [-0.39, 0.29) is 51.4 Å². The second-order valence-corrected chi connectivity index (χ2v) is 3.38. The van der Waals surface area contributed by atoms with E-state index in [2.05, 4.69) is 38.7 Å². The van der Waals surface area contributed by atoms with Gasteiger partial charge in [0.2, 0.25) is 4.38 Å². The molecular formula is C6H12KOS2+. The van der Waals surface area contributed by atoms with E-state index in [1.54, 1.807) is 0 Å². The first-order valence-corrected chi connectivity index (χ1v) is 3.84. The van der Waals surface area contributed by atoms with Gasteiger partial charge in [-0.15, -0.1) is 0 Å². The predicted molar refractivity (Wildman–Crippen MR) is 47.0 cm³/mol.